The van der Waals surface area contributed by atoms with Gasteiger partial charge in [0.1, 0.15) is 22.9 Å². The Kier molecular flexibility index (Phi) is 8.61. The first-order chi connectivity index (χ1) is 21.0. The van der Waals surface area contributed by atoms with E-state index in [1.165, 1.54) is 20.2 Å². The Morgan fingerprint density at radius 2 is 1.73 bits per heavy atom. The van der Waals surface area contributed by atoms with Gasteiger partial charge in [0.2, 0.25) is 0 Å². The average Bonchev–Trinajstić information content (AvgIpc) is 3.32. The van der Waals surface area contributed by atoms with E-state index in [0.717, 1.165) is 38.6 Å². The molecule has 1 heterocycles. The first-order valence-corrected chi connectivity index (χ1v) is 14.1. The summed E-state index contributed by atoms with van der Waals surface area (Å²) in [6.45, 7) is 3.87. The summed E-state index contributed by atoms with van der Waals surface area (Å²) >= 11 is 0. The minimum absolute atomic E-state index is 0.0316. The van der Waals surface area contributed by atoms with Crippen LogP contribution >= 0.6 is 0 Å². The van der Waals surface area contributed by atoms with Gasteiger partial charge in [-0.3, -0.25) is 19.0 Å². The van der Waals surface area contributed by atoms with Gasteiger partial charge in [-0.15, -0.1) is 0 Å². The summed E-state index contributed by atoms with van der Waals surface area (Å²) in [5, 5.41) is 15.9. The summed E-state index contributed by atoms with van der Waals surface area (Å²) in [5.74, 6) is -0.829. The lowest BCUT2D eigenvalue weighted by molar-refractivity contribution is -0.117. The molecule has 5 rings (SSSR count). The molecule has 0 unspecified atom stereocenters. The van der Waals surface area contributed by atoms with Crippen molar-refractivity contribution in [3.05, 3.63) is 104 Å². The van der Waals surface area contributed by atoms with Crippen molar-refractivity contribution >= 4 is 17.4 Å². The number of nitrogens with one attached hydrogen (secondary N) is 3. The predicted molar refractivity (Wildman–Crippen MR) is 164 cm³/mol. The van der Waals surface area contributed by atoms with Gasteiger partial charge in [-0.25, -0.2) is 9.18 Å². The zero-order chi connectivity index (χ0) is 31.7. The highest BCUT2D eigenvalue weighted by Crippen LogP contribution is 2.38. The fourth-order valence-corrected chi connectivity index (χ4v) is 5.62. The number of benzene rings is 3. The Labute approximate surface area is 252 Å². The average molecular weight is 601 g/mol. The number of ether oxygens (including phenoxy) is 1. The number of H-pyrrole nitrogens is 1. The molecule has 3 aromatic carbocycles. The number of carbonyl (C=O) groups excluding carboxylic acids is 2. The molecule has 2 atom stereocenters. The summed E-state index contributed by atoms with van der Waals surface area (Å²) in [5.41, 5.74) is 3.96. The minimum Gasteiger partial charge on any atom is -0.496 e. The molecule has 11 heteroatoms. The Balaban J connectivity index is 1.45. The number of amides is 1. The van der Waals surface area contributed by atoms with Crippen LogP contribution in [0.1, 0.15) is 39.9 Å². The SMILES string of the molecule is COc1cc(-c2cccc(-c3cccc(NC(=O)c4c[nH]c(=O)n(C)c4=O)c3C)c2C)cc(F)c1CN[C@@H]1CC(=O)C[C@H]1O. The first-order valence-electron chi connectivity index (χ1n) is 14.1. The molecule has 1 aromatic heterocycles. The highest BCUT2D eigenvalue weighted by atomic mass is 19.1. The summed E-state index contributed by atoms with van der Waals surface area (Å²) in [6, 6.07) is 13.9. The maximum absolute atomic E-state index is 15.5. The Morgan fingerprint density at radius 1 is 1.05 bits per heavy atom. The van der Waals surface area contributed by atoms with Crippen molar-refractivity contribution in [2.45, 2.75) is 45.4 Å². The molecule has 1 aliphatic rings. The molecule has 1 aliphatic carbocycles. The Bertz CT molecular complexity index is 1900. The van der Waals surface area contributed by atoms with Crippen molar-refractivity contribution in [3.63, 3.8) is 0 Å². The zero-order valence-corrected chi connectivity index (χ0v) is 24.8. The molecular weight excluding hydrogens is 567 g/mol. The number of aliphatic hydroxyl groups is 1. The molecular formula is C33H33FN4O6. The van der Waals surface area contributed by atoms with E-state index in [2.05, 4.69) is 15.6 Å². The highest BCUT2D eigenvalue weighted by molar-refractivity contribution is 6.04. The number of ketones is 1. The molecule has 1 amide bonds. The van der Waals surface area contributed by atoms with E-state index < -0.39 is 35.1 Å². The van der Waals surface area contributed by atoms with Crippen LogP contribution in [0.4, 0.5) is 10.1 Å². The summed E-state index contributed by atoms with van der Waals surface area (Å²) in [4.78, 5) is 51.1. The van der Waals surface area contributed by atoms with Crippen LogP contribution in [0, 0.1) is 19.7 Å². The standard InChI is InChI=1S/C33H33FN4O6/c1-17-21(19-11-26(34)24(30(12-19)44-4)15-35-28-13-20(39)14-29(28)40)7-5-8-22(17)23-9-6-10-27(18(23)2)37-31(41)25-16-36-33(43)38(3)32(25)42/h5-12,16,28-29,35,40H,13-15H2,1-4H3,(H,36,43)(H,37,41)/t28-,29-/m1/s1. The van der Waals surface area contributed by atoms with Gasteiger partial charge < -0.3 is 25.5 Å². The van der Waals surface area contributed by atoms with Crippen LogP contribution in [0.15, 0.2) is 64.3 Å². The highest BCUT2D eigenvalue weighted by Gasteiger charge is 2.31. The molecule has 0 aliphatic heterocycles. The van der Waals surface area contributed by atoms with E-state index in [9.17, 15) is 24.3 Å². The van der Waals surface area contributed by atoms with E-state index in [1.807, 2.05) is 38.1 Å². The number of aromatic nitrogens is 2. The topological polar surface area (TPSA) is 143 Å². The van der Waals surface area contributed by atoms with E-state index in [-0.39, 0.29) is 30.7 Å². The number of hydrogen-bond donors (Lipinski definition) is 4. The molecule has 0 bridgehead atoms. The first kappa shape index (κ1) is 30.6. The van der Waals surface area contributed by atoms with Crippen molar-refractivity contribution < 1.29 is 23.8 Å². The number of aliphatic hydroxyl groups excluding tert-OH is 1. The third-order valence-electron chi connectivity index (χ3n) is 8.21. The largest absolute Gasteiger partial charge is 0.496 e. The second-order valence-electron chi connectivity index (χ2n) is 10.9. The number of rotatable bonds is 8. The predicted octanol–water partition coefficient (Wildman–Crippen LogP) is 3.61. The number of methoxy groups -OCH3 is 1. The van der Waals surface area contributed by atoms with Gasteiger partial charge in [-0.05, 0) is 65.4 Å². The Morgan fingerprint density at radius 3 is 2.41 bits per heavy atom. The number of Topliss-reactive ketones (excluding diaryl/α,β-unsaturated/α-hetero) is 1. The summed E-state index contributed by atoms with van der Waals surface area (Å²) in [6.07, 6.45) is 0.592. The van der Waals surface area contributed by atoms with Gasteiger partial charge in [0.05, 0.1) is 13.2 Å². The van der Waals surface area contributed by atoms with Gasteiger partial charge in [0, 0.05) is 49.9 Å². The normalized spacial score (nSPS) is 16.3. The van der Waals surface area contributed by atoms with Crippen molar-refractivity contribution in [1.82, 2.24) is 14.9 Å². The van der Waals surface area contributed by atoms with Gasteiger partial charge in [-0.1, -0.05) is 30.3 Å². The van der Waals surface area contributed by atoms with E-state index in [1.54, 1.807) is 18.2 Å². The number of carbonyl (C=O) groups is 2. The van der Waals surface area contributed by atoms with Crippen molar-refractivity contribution in [2.24, 2.45) is 7.05 Å². The molecule has 4 aromatic rings. The van der Waals surface area contributed by atoms with Crippen LogP contribution in [0.3, 0.4) is 0 Å². The third kappa shape index (κ3) is 5.84. The summed E-state index contributed by atoms with van der Waals surface area (Å²) in [7, 11) is 2.75. The minimum atomic E-state index is -0.798. The van der Waals surface area contributed by atoms with E-state index in [4.69, 9.17) is 4.74 Å². The van der Waals surface area contributed by atoms with Crippen LogP contribution in [0.2, 0.25) is 0 Å². The molecule has 0 spiro atoms. The second-order valence-corrected chi connectivity index (χ2v) is 10.9. The van der Waals surface area contributed by atoms with Crippen LogP contribution in [-0.2, 0) is 18.4 Å². The molecule has 228 valence electrons. The quantitative estimate of drug-likeness (QED) is 0.242. The molecule has 0 saturated heterocycles. The van der Waals surface area contributed by atoms with Crippen LogP contribution < -0.4 is 26.6 Å². The fourth-order valence-electron chi connectivity index (χ4n) is 5.62. The maximum Gasteiger partial charge on any atom is 0.328 e. The fraction of sp³-hybridized carbons (Fsp3) is 0.273. The number of halogens is 1. The molecule has 0 radical (unpaired) electrons. The number of aromatic amines is 1. The molecule has 4 N–H and O–H groups in total. The molecule has 10 nitrogen and oxygen atoms in total. The molecule has 44 heavy (non-hydrogen) atoms. The van der Waals surface area contributed by atoms with Gasteiger partial charge in [0.15, 0.2) is 0 Å². The smallest absolute Gasteiger partial charge is 0.328 e. The lowest BCUT2D eigenvalue weighted by Crippen LogP contribution is -2.37. The zero-order valence-electron chi connectivity index (χ0n) is 24.8. The second kappa shape index (κ2) is 12.4. The van der Waals surface area contributed by atoms with Crippen LogP contribution in [0.25, 0.3) is 22.3 Å². The maximum atomic E-state index is 15.5. The Hall–Kier alpha value is -4.87. The van der Waals surface area contributed by atoms with Crippen LogP contribution in [-0.4, -0.2) is 45.6 Å². The van der Waals surface area contributed by atoms with Crippen molar-refractivity contribution in [3.8, 4) is 28.0 Å². The van der Waals surface area contributed by atoms with Crippen molar-refractivity contribution in [2.75, 3.05) is 12.4 Å². The lowest BCUT2D eigenvalue weighted by atomic mass is 9.90. The molecule has 1 fully saturated rings. The monoisotopic (exact) mass is 600 g/mol. The number of nitrogens with zero attached hydrogens (tertiary/aromatic N) is 1. The van der Waals surface area contributed by atoms with Gasteiger partial charge in [0.25, 0.3) is 11.5 Å². The van der Waals surface area contributed by atoms with E-state index in [0.29, 0.717) is 22.6 Å². The van der Waals surface area contributed by atoms with Crippen molar-refractivity contribution in [1.29, 1.82) is 0 Å². The van der Waals surface area contributed by atoms with Crippen LogP contribution in [0.5, 0.6) is 5.75 Å². The van der Waals surface area contributed by atoms with Gasteiger partial charge >= 0.3 is 5.69 Å². The summed E-state index contributed by atoms with van der Waals surface area (Å²) < 4.78 is 21.9. The third-order valence-corrected chi connectivity index (χ3v) is 8.21. The number of hydrogen-bond acceptors (Lipinski definition) is 7. The molecule has 1 saturated carbocycles. The van der Waals surface area contributed by atoms with Gasteiger partial charge in [-0.2, -0.15) is 0 Å². The lowest BCUT2D eigenvalue weighted by Gasteiger charge is -2.19. The number of anilines is 1. The van der Waals surface area contributed by atoms with E-state index >= 15 is 4.39 Å².